The topological polar surface area (TPSA) is 94.4 Å². The Morgan fingerprint density at radius 1 is 0.880 bits per heavy atom. The largest absolute Gasteiger partial charge is 0.338 e. The quantitative estimate of drug-likeness (QED) is 0.247. The Kier molecular flexibility index (Phi) is 17.3. The molecule has 1 atom stereocenters. The molecular weight excluding hydrogens is 316 g/mol. The zero-order valence-electron chi connectivity index (χ0n) is 16.7. The standard InChI is InChI=1S/C18H42N6O/c1-4-17(24(2)3)9-16-23-18(25)22-15-8-14-21-12-6-5-11-20-13-7-10-19/h17,20-21H,4-16,19H2,1-3H3,(H2,22,23,25). The maximum atomic E-state index is 11.7. The second-order valence-electron chi connectivity index (χ2n) is 6.70. The summed E-state index contributed by atoms with van der Waals surface area (Å²) in [4.78, 5) is 13.9. The molecule has 7 heteroatoms. The lowest BCUT2D eigenvalue weighted by molar-refractivity contribution is 0.235. The highest BCUT2D eigenvalue weighted by Crippen LogP contribution is 2.02. The SMILES string of the molecule is CCC(CCNC(=O)NCCCNCCCCNCCCN)N(C)C. The summed E-state index contributed by atoms with van der Waals surface area (Å²) in [5, 5.41) is 12.6. The van der Waals surface area contributed by atoms with E-state index in [1.807, 2.05) is 0 Å². The van der Waals surface area contributed by atoms with Gasteiger partial charge in [0.2, 0.25) is 0 Å². The number of amides is 2. The first kappa shape index (κ1) is 24.1. The molecule has 0 aliphatic carbocycles. The molecule has 0 radical (unpaired) electrons. The van der Waals surface area contributed by atoms with Crippen LogP contribution in [0.3, 0.4) is 0 Å². The fourth-order valence-electron chi connectivity index (χ4n) is 2.63. The van der Waals surface area contributed by atoms with E-state index in [0.717, 1.165) is 65.0 Å². The fraction of sp³-hybridized carbons (Fsp3) is 0.944. The Morgan fingerprint density at radius 3 is 2.00 bits per heavy atom. The van der Waals surface area contributed by atoms with Crippen LogP contribution >= 0.6 is 0 Å². The molecule has 150 valence electrons. The number of rotatable bonds is 17. The molecule has 1 unspecified atom stereocenters. The molecule has 0 aliphatic heterocycles. The third-order valence-electron chi connectivity index (χ3n) is 4.30. The van der Waals surface area contributed by atoms with E-state index < -0.39 is 0 Å². The van der Waals surface area contributed by atoms with Crippen molar-refractivity contribution in [2.45, 2.75) is 51.5 Å². The van der Waals surface area contributed by atoms with Crippen LogP contribution in [0.4, 0.5) is 4.79 Å². The highest BCUT2D eigenvalue weighted by molar-refractivity contribution is 5.73. The van der Waals surface area contributed by atoms with Gasteiger partial charge in [-0.25, -0.2) is 4.79 Å². The summed E-state index contributed by atoms with van der Waals surface area (Å²) in [5.74, 6) is 0. The van der Waals surface area contributed by atoms with E-state index in [1.54, 1.807) is 0 Å². The number of unbranched alkanes of at least 4 members (excludes halogenated alkanes) is 1. The van der Waals surface area contributed by atoms with Crippen LogP contribution in [-0.4, -0.2) is 76.9 Å². The van der Waals surface area contributed by atoms with Crippen molar-refractivity contribution < 1.29 is 4.79 Å². The van der Waals surface area contributed by atoms with Gasteiger partial charge in [-0.2, -0.15) is 0 Å². The number of urea groups is 1. The molecule has 0 aromatic rings. The van der Waals surface area contributed by atoms with Crippen LogP contribution in [0, 0.1) is 0 Å². The van der Waals surface area contributed by atoms with Crippen LogP contribution in [0.25, 0.3) is 0 Å². The minimum atomic E-state index is -0.0582. The Bertz CT molecular complexity index is 301. The lowest BCUT2D eigenvalue weighted by Crippen LogP contribution is -2.39. The summed E-state index contributed by atoms with van der Waals surface area (Å²) < 4.78 is 0. The molecule has 0 aromatic carbocycles. The lowest BCUT2D eigenvalue weighted by atomic mass is 10.1. The van der Waals surface area contributed by atoms with Gasteiger partial charge < -0.3 is 31.9 Å². The molecule has 0 saturated heterocycles. The predicted molar refractivity (Wildman–Crippen MR) is 107 cm³/mol. The molecular formula is C18H42N6O. The van der Waals surface area contributed by atoms with Crippen molar-refractivity contribution in [3.05, 3.63) is 0 Å². The van der Waals surface area contributed by atoms with Gasteiger partial charge in [-0.05, 0) is 85.3 Å². The lowest BCUT2D eigenvalue weighted by Gasteiger charge is -2.22. The van der Waals surface area contributed by atoms with Crippen molar-refractivity contribution in [2.24, 2.45) is 5.73 Å². The number of hydrogen-bond donors (Lipinski definition) is 5. The number of nitrogens with two attached hydrogens (primary N) is 1. The van der Waals surface area contributed by atoms with Crippen LogP contribution in [0.1, 0.15) is 45.4 Å². The molecule has 0 rings (SSSR count). The molecule has 0 fully saturated rings. The van der Waals surface area contributed by atoms with Crippen molar-refractivity contribution in [2.75, 3.05) is 59.9 Å². The second kappa shape index (κ2) is 17.9. The van der Waals surface area contributed by atoms with Gasteiger partial charge in [-0.15, -0.1) is 0 Å². The zero-order valence-corrected chi connectivity index (χ0v) is 16.7. The highest BCUT2D eigenvalue weighted by Gasteiger charge is 2.08. The predicted octanol–water partition coefficient (Wildman–Crippen LogP) is 0.714. The van der Waals surface area contributed by atoms with E-state index in [1.165, 1.54) is 12.8 Å². The minimum Gasteiger partial charge on any atom is -0.338 e. The molecule has 0 aliphatic rings. The van der Waals surface area contributed by atoms with Crippen LogP contribution in [0.5, 0.6) is 0 Å². The van der Waals surface area contributed by atoms with Gasteiger partial charge in [0.05, 0.1) is 0 Å². The van der Waals surface area contributed by atoms with Crippen LogP contribution < -0.4 is 27.0 Å². The number of carbonyl (C=O) groups excluding carboxylic acids is 1. The molecule has 0 saturated carbocycles. The summed E-state index contributed by atoms with van der Waals surface area (Å²) in [7, 11) is 4.17. The Morgan fingerprint density at radius 2 is 1.44 bits per heavy atom. The molecule has 25 heavy (non-hydrogen) atoms. The van der Waals surface area contributed by atoms with Crippen LogP contribution in [-0.2, 0) is 0 Å². The Hall–Kier alpha value is -0.890. The van der Waals surface area contributed by atoms with Crippen molar-refractivity contribution in [3.8, 4) is 0 Å². The third kappa shape index (κ3) is 16.3. The first-order valence-electron chi connectivity index (χ1n) is 9.91. The van der Waals surface area contributed by atoms with E-state index in [-0.39, 0.29) is 6.03 Å². The number of nitrogens with one attached hydrogen (secondary N) is 4. The van der Waals surface area contributed by atoms with Crippen molar-refractivity contribution >= 4 is 6.03 Å². The molecule has 0 heterocycles. The molecule has 2 amide bonds. The van der Waals surface area contributed by atoms with Crippen molar-refractivity contribution in [3.63, 3.8) is 0 Å². The first-order chi connectivity index (χ1) is 12.1. The second-order valence-corrected chi connectivity index (χ2v) is 6.70. The molecule has 6 N–H and O–H groups in total. The summed E-state index contributed by atoms with van der Waals surface area (Å²) in [6.07, 6.45) is 6.45. The Labute approximate surface area is 154 Å². The third-order valence-corrected chi connectivity index (χ3v) is 4.30. The van der Waals surface area contributed by atoms with Gasteiger partial charge >= 0.3 is 6.03 Å². The summed E-state index contributed by atoms with van der Waals surface area (Å²) in [6, 6.07) is 0.470. The van der Waals surface area contributed by atoms with Gasteiger partial charge in [0.15, 0.2) is 0 Å². The Balaban J connectivity index is 3.30. The van der Waals surface area contributed by atoms with Crippen molar-refractivity contribution in [1.82, 2.24) is 26.2 Å². The van der Waals surface area contributed by atoms with Gasteiger partial charge in [0.25, 0.3) is 0 Å². The van der Waals surface area contributed by atoms with Gasteiger partial charge in [-0.1, -0.05) is 6.92 Å². The van der Waals surface area contributed by atoms with Crippen LogP contribution in [0.15, 0.2) is 0 Å². The van der Waals surface area contributed by atoms with E-state index in [2.05, 4.69) is 47.2 Å². The normalized spacial score (nSPS) is 12.4. The highest BCUT2D eigenvalue weighted by atomic mass is 16.2. The van der Waals surface area contributed by atoms with Crippen LogP contribution in [0.2, 0.25) is 0 Å². The maximum absolute atomic E-state index is 11.7. The molecule has 7 nitrogen and oxygen atoms in total. The van der Waals surface area contributed by atoms with Gasteiger partial charge in [0.1, 0.15) is 0 Å². The fourth-order valence-corrected chi connectivity index (χ4v) is 2.63. The minimum absolute atomic E-state index is 0.0582. The van der Waals surface area contributed by atoms with E-state index in [0.29, 0.717) is 12.6 Å². The summed E-state index contributed by atoms with van der Waals surface area (Å²) in [5.41, 5.74) is 5.44. The molecule has 0 spiro atoms. The van der Waals surface area contributed by atoms with Gasteiger partial charge in [0, 0.05) is 19.1 Å². The number of nitrogens with zero attached hydrogens (tertiary/aromatic N) is 1. The number of hydrogen-bond acceptors (Lipinski definition) is 5. The zero-order chi connectivity index (χ0) is 18.8. The van der Waals surface area contributed by atoms with Gasteiger partial charge in [-0.3, -0.25) is 0 Å². The van der Waals surface area contributed by atoms with E-state index in [4.69, 9.17) is 5.73 Å². The average Bonchev–Trinajstić information content (AvgIpc) is 2.59. The maximum Gasteiger partial charge on any atom is 0.314 e. The smallest absolute Gasteiger partial charge is 0.314 e. The molecule has 0 bridgehead atoms. The van der Waals surface area contributed by atoms with E-state index >= 15 is 0 Å². The summed E-state index contributed by atoms with van der Waals surface area (Å²) >= 11 is 0. The summed E-state index contributed by atoms with van der Waals surface area (Å²) in [6.45, 7) is 8.44. The molecule has 0 aromatic heterocycles. The first-order valence-corrected chi connectivity index (χ1v) is 9.91. The van der Waals surface area contributed by atoms with Crippen molar-refractivity contribution in [1.29, 1.82) is 0 Å². The van der Waals surface area contributed by atoms with E-state index in [9.17, 15) is 4.79 Å². The number of carbonyl (C=O) groups is 1. The monoisotopic (exact) mass is 358 g/mol. The average molecular weight is 359 g/mol.